The molecule has 3 aromatic carbocycles. The maximum absolute atomic E-state index is 6.33. The molecule has 1 aromatic heterocycles. The predicted molar refractivity (Wildman–Crippen MR) is 84.2 cm³/mol. The van der Waals surface area contributed by atoms with E-state index in [9.17, 15) is 0 Å². The van der Waals surface area contributed by atoms with Gasteiger partial charge in [0.25, 0.3) is 0 Å². The summed E-state index contributed by atoms with van der Waals surface area (Å²) in [6.45, 7) is 0. The molecule has 0 N–H and O–H groups in total. The second-order valence-corrected chi connectivity index (χ2v) is 5.20. The van der Waals surface area contributed by atoms with Crippen LogP contribution in [0.25, 0.3) is 32.9 Å². The topological polar surface area (TPSA) is 13.1 Å². The van der Waals surface area contributed by atoms with E-state index in [0.29, 0.717) is 0 Å². The van der Waals surface area contributed by atoms with E-state index in [2.05, 4.69) is 24.3 Å². The molecule has 0 aliphatic heterocycles. The predicted octanol–water partition coefficient (Wildman–Crippen LogP) is 5.91. The third-order valence-corrected chi connectivity index (χ3v) is 3.93. The van der Waals surface area contributed by atoms with Crippen molar-refractivity contribution in [2.75, 3.05) is 0 Å². The van der Waals surface area contributed by atoms with Gasteiger partial charge in [0.2, 0.25) is 0 Å². The van der Waals surface area contributed by atoms with Crippen molar-refractivity contribution >= 4 is 33.3 Å². The van der Waals surface area contributed by atoms with Crippen LogP contribution in [0.3, 0.4) is 0 Å². The van der Waals surface area contributed by atoms with E-state index >= 15 is 0 Å². The van der Waals surface area contributed by atoms with Crippen molar-refractivity contribution in [2.24, 2.45) is 0 Å². The molecule has 0 fully saturated rings. The Balaban J connectivity index is 2.19. The fourth-order valence-corrected chi connectivity index (χ4v) is 2.97. The molecule has 0 spiro atoms. The van der Waals surface area contributed by atoms with Gasteiger partial charge in [-0.2, -0.15) is 0 Å². The number of rotatable bonds is 1. The Morgan fingerprint density at radius 3 is 2.55 bits per heavy atom. The molecule has 0 unspecified atom stereocenters. The van der Waals surface area contributed by atoms with Gasteiger partial charge in [0, 0.05) is 10.8 Å². The van der Waals surface area contributed by atoms with Crippen LogP contribution in [-0.4, -0.2) is 0 Å². The first kappa shape index (κ1) is 11.6. The molecule has 0 amide bonds. The van der Waals surface area contributed by atoms with Gasteiger partial charge in [0.05, 0.1) is 11.3 Å². The van der Waals surface area contributed by atoms with Crippen LogP contribution in [0, 0.1) is 0 Å². The van der Waals surface area contributed by atoms with E-state index in [0.717, 1.165) is 26.8 Å². The number of fused-ring (bicyclic) bond motifs is 3. The lowest BCUT2D eigenvalue weighted by atomic mass is 9.97. The Labute approximate surface area is 121 Å². The Bertz CT molecular complexity index is 907. The van der Waals surface area contributed by atoms with Crippen molar-refractivity contribution in [1.29, 1.82) is 0 Å². The van der Waals surface area contributed by atoms with E-state index in [-0.39, 0.29) is 0 Å². The number of benzene rings is 3. The zero-order valence-corrected chi connectivity index (χ0v) is 11.4. The quantitative estimate of drug-likeness (QED) is 0.422. The lowest BCUT2D eigenvalue weighted by Crippen LogP contribution is -1.82. The zero-order chi connectivity index (χ0) is 13.5. The lowest BCUT2D eigenvalue weighted by molar-refractivity contribution is 0.619. The number of hydrogen-bond donors (Lipinski definition) is 0. The smallest absolute Gasteiger partial charge is 0.143 e. The number of hydrogen-bond acceptors (Lipinski definition) is 1. The molecule has 4 rings (SSSR count). The van der Waals surface area contributed by atoms with Gasteiger partial charge in [0.15, 0.2) is 0 Å². The highest BCUT2D eigenvalue weighted by Gasteiger charge is 2.12. The van der Waals surface area contributed by atoms with Crippen molar-refractivity contribution < 1.29 is 4.42 Å². The van der Waals surface area contributed by atoms with Crippen molar-refractivity contribution in [3.05, 3.63) is 71.9 Å². The van der Waals surface area contributed by atoms with Gasteiger partial charge in [-0.3, -0.25) is 0 Å². The highest BCUT2D eigenvalue weighted by Crippen LogP contribution is 2.38. The third kappa shape index (κ3) is 1.64. The van der Waals surface area contributed by atoms with E-state index in [1.165, 1.54) is 11.1 Å². The van der Waals surface area contributed by atoms with Crippen LogP contribution in [0.4, 0.5) is 0 Å². The van der Waals surface area contributed by atoms with E-state index in [1.807, 2.05) is 36.4 Å². The molecular formula is C18H11ClO. The fourth-order valence-electron chi connectivity index (χ4n) is 2.71. The minimum Gasteiger partial charge on any atom is -0.464 e. The van der Waals surface area contributed by atoms with E-state index in [1.54, 1.807) is 6.26 Å². The minimum atomic E-state index is 0.724. The molecule has 20 heavy (non-hydrogen) atoms. The second-order valence-electron chi connectivity index (χ2n) is 4.79. The van der Waals surface area contributed by atoms with Gasteiger partial charge >= 0.3 is 0 Å². The minimum absolute atomic E-state index is 0.724. The van der Waals surface area contributed by atoms with Crippen LogP contribution in [-0.2, 0) is 0 Å². The molecule has 1 nitrogen and oxygen atoms in total. The molecule has 0 radical (unpaired) electrons. The van der Waals surface area contributed by atoms with Crippen LogP contribution in [0.1, 0.15) is 0 Å². The monoisotopic (exact) mass is 278 g/mol. The van der Waals surface area contributed by atoms with E-state index in [4.69, 9.17) is 16.0 Å². The van der Waals surface area contributed by atoms with Crippen molar-refractivity contribution in [3.63, 3.8) is 0 Å². The maximum Gasteiger partial charge on any atom is 0.143 e. The third-order valence-electron chi connectivity index (χ3n) is 3.61. The molecule has 2 heteroatoms. The number of furan rings is 1. The Morgan fingerprint density at radius 2 is 1.70 bits per heavy atom. The first-order valence-electron chi connectivity index (χ1n) is 6.48. The summed E-state index contributed by atoms with van der Waals surface area (Å²) in [6.07, 6.45) is 1.72. The summed E-state index contributed by atoms with van der Waals surface area (Å²) in [4.78, 5) is 0. The molecule has 0 saturated heterocycles. The zero-order valence-electron chi connectivity index (χ0n) is 10.6. The van der Waals surface area contributed by atoms with Crippen LogP contribution < -0.4 is 0 Å². The molecule has 0 aliphatic carbocycles. The van der Waals surface area contributed by atoms with Crippen molar-refractivity contribution in [1.82, 2.24) is 0 Å². The Hall–Kier alpha value is -2.25. The SMILES string of the molecule is Clc1cccc2cc(-c3ccccc3)c3ccoc3c12. The highest BCUT2D eigenvalue weighted by atomic mass is 35.5. The summed E-state index contributed by atoms with van der Waals surface area (Å²) in [5.41, 5.74) is 3.21. The molecule has 0 aliphatic rings. The summed E-state index contributed by atoms with van der Waals surface area (Å²) in [7, 11) is 0. The summed E-state index contributed by atoms with van der Waals surface area (Å²) in [5.74, 6) is 0. The molecule has 0 atom stereocenters. The van der Waals surface area contributed by atoms with Crippen LogP contribution >= 0.6 is 11.6 Å². The number of halogens is 1. The molecule has 0 saturated carbocycles. The van der Waals surface area contributed by atoms with Gasteiger partial charge in [-0.05, 0) is 34.7 Å². The van der Waals surface area contributed by atoms with Crippen LogP contribution in [0.15, 0.2) is 71.3 Å². The lowest BCUT2D eigenvalue weighted by Gasteiger charge is -2.07. The first-order valence-corrected chi connectivity index (χ1v) is 6.86. The Kier molecular flexibility index (Phi) is 2.54. The standard InChI is InChI=1S/C18H11ClO/c19-16-8-4-7-13-11-15(12-5-2-1-3-6-12)14-9-10-20-18(14)17(13)16/h1-11H. The average molecular weight is 279 g/mol. The first-order chi connectivity index (χ1) is 9.84. The average Bonchev–Trinajstić information content (AvgIpc) is 2.96. The molecule has 4 aromatic rings. The summed E-state index contributed by atoms with van der Waals surface area (Å²) < 4.78 is 5.69. The summed E-state index contributed by atoms with van der Waals surface area (Å²) >= 11 is 6.33. The van der Waals surface area contributed by atoms with Crippen LogP contribution in [0.5, 0.6) is 0 Å². The van der Waals surface area contributed by atoms with Gasteiger partial charge < -0.3 is 4.42 Å². The van der Waals surface area contributed by atoms with E-state index < -0.39 is 0 Å². The molecule has 96 valence electrons. The van der Waals surface area contributed by atoms with Crippen LogP contribution in [0.2, 0.25) is 5.02 Å². The largest absolute Gasteiger partial charge is 0.464 e. The molecular weight excluding hydrogens is 268 g/mol. The summed E-state index contributed by atoms with van der Waals surface area (Å²) in [6, 6.07) is 20.4. The van der Waals surface area contributed by atoms with Gasteiger partial charge in [-0.15, -0.1) is 0 Å². The van der Waals surface area contributed by atoms with Gasteiger partial charge in [0.1, 0.15) is 5.58 Å². The molecule has 0 bridgehead atoms. The highest BCUT2D eigenvalue weighted by molar-refractivity contribution is 6.38. The fraction of sp³-hybridized carbons (Fsp3) is 0. The van der Waals surface area contributed by atoms with Gasteiger partial charge in [-0.25, -0.2) is 0 Å². The van der Waals surface area contributed by atoms with Crippen molar-refractivity contribution in [2.45, 2.75) is 0 Å². The summed E-state index contributed by atoms with van der Waals surface area (Å²) in [5, 5.41) is 3.89. The van der Waals surface area contributed by atoms with Crippen molar-refractivity contribution in [3.8, 4) is 11.1 Å². The maximum atomic E-state index is 6.33. The second kappa shape index (κ2) is 4.39. The Morgan fingerprint density at radius 1 is 0.850 bits per heavy atom. The molecule has 1 heterocycles. The normalized spacial score (nSPS) is 11.2. The van der Waals surface area contributed by atoms with Gasteiger partial charge in [-0.1, -0.05) is 54.1 Å².